The topological polar surface area (TPSA) is 46.3 Å². The molecule has 0 radical (unpaired) electrons. The first kappa shape index (κ1) is 18.3. The smallest absolute Gasteiger partial charge is 0.294 e. The van der Waals surface area contributed by atoms with Crippen molar-refractivity contribution < 1.29 is 18.0 Å². The number of nitrogens with zero attached hydrogens (tertiary/aromatic N) is 1. The summed E-state index contributed by atoms with van der Waals surface area (Å²) in [4.78, 5) is 13.1. The number of hydrogen-bond donors (Lipinski definition) is 1. The lowest BCUT2D eigenvalue weighted by atomic mass is 9.85. The van der Waals surface area contributed by atoms with Crippen molar-refractivity contribution in [2.75, 3.05) is 7.05 Å². The Hall–Kier alpha value is -1.08. The number of carbonyl (C=O) groups excluding carboxylic acids is 1. The SMILES string of the molecule is CN(C(=O)C1CCC(N)CC1)C(F)(c1ccc(Br)cc1)C(F)F. The molecule has 3 nitrogen and oxygen atoms in total. The van der Waals surface area contributed by atoms with Crippen LogP contribution >= 0.6 is 15.9 Å². The molecule has 1 fully saturated rings. The fraction of sp³-hybridized carbons (Fsp3) is 0.562. The molecule has 0 heterocycles. The van der Waals surface area contributed by atoms with Gasteiger partial charge in [0.2, 0.25) is 5.91 Å². The van der Waals surface area contributed by atoms with Crippen molar-refractivity contribution in [1.82, 2.24) is 4.90 Å². The number of hydrogen-bond acceptors (Lipinski definition) is 2. The average molecular weight is 393 g/mol. The fourth-order valence-electron chi connectivity index (χ4n) is 2.95. The molecule has 1 aromatic carbocycles. The summed E-state index contributed by atoms with van der Waals surface area (Å²) >= 11 is 3.18. The maximum absolute atomic E-state index is 15.2. The maximum atomic E-state index is 15.2. The molecule has 0 aromatic heterocycles. The standard InChI is InChI=1S/C16H20BrF3N2O/c1-22(14(23)10-2-8-13(21)9-3-10)16(20,15(18)19)11-4-6-12(17)7-5-11/h4-7,10,13,15H,2-3,8-9,21H2,1H3. The second-order valence-electron chi connectivity index (χ2n) is 5.99. The van der Waals surface area contributed by atoms with Crippen LogP contribution in [0.25, 0.3) is 0 Å². The maximum Gasteiger partial charge on any atom is 0.294 e. The summed E-state index contributed by atoms with van der Waals surface area (Å²) in [5.74, 6) is -4.19. The Balaban J connectivity index is 2.25. The molecule has 0 aliphatic heterocycles. The third-order valence-corrected chi connectivity index (χ3v) is 5.01. The Bertz CT molecular complexity index is 547. The van der Waals surface area contributed by atoms with Crippen LogP contribution < -0.4 is 5.73 Å². The normalized spacial score (nSPS) is 24.3. The van der Waals surface area contributed by atoms with Crippen LogP contribution in [-0.4, -0.2) is 30.3 Å². The van der Waals surface area contributed by atoms with Crippen LogP contribution in [0.3, 0.4) is 0 Å². The number of halogens is 4. The van der Waals surface area contributed by atoms with Gasteiger partial charge in [0.15, 0.2) is 0 Å². The van der Waals surface area contributed by atoms with Crippen LogP contribution in [0, 0.1) is 5.92 Å². The molecule has 2 N–H and O–H groups in total. The van der Waals surface area contributed by atoms with Crippen molar-refractivity contribution in [3.63, 3.8) is 0 Å². The summed E-state index contributed by atoms with van der Waals surface area (Å²) < 4.78 is 42.8. The summed E-state index contributed by atoms with van der Waals surface area (Å²) in [7, 11) is 1.10. The molecule has 2 rings (SSSR count). The quantitative estimate of drug-likeness (QED) is 0.791. The van der Waals surface area contributed by atoms with Gasteiger partial charge in [0, 0.05) is 29.0 Å². The van der Waals surface area contributed by atoms with Gasteiger partial charge in [-0.2, -0.15) is 0 Å². The average Bonchev–Trinajstić information content (AvgIpc) is 2.54. The van der Waals surface area contributed by atoms with Gasteiger partial charge in [-0.05, 0) is 37.8 Å². The van der Waals surface area contributed by atoms with Crippen LogP contribution in [0.4, 0.5) is 13.2 Å². The number of rotatable bonds is 4. The Morgan fingerprint density at radius 1 is 1.26 bits per heavy atom. The zero-order valence-corrected chi connectivity index (χ0v) is 14.4. The van der Waals surface area contributed by atoms with Crippen molar-refractivity contribution in [2.45, 2.75) is 43.9 Å². The molecule has 1 unspecified atom stereocenters. The van der Waals surface area contributed by atoms with Crippen LogP contribution in [0.5, 0.6) is 0 Å². The van der Waals surface area contributed by atoms with Gasteiger partial charge in [0.25, 0.3) is 12.2 Å². The third kappa shape index (κ3) is 3.71. The van der Waals surface area contributed by atoms with E-state index in [1.807, 2.05) is 0 Å². The van der Waals surface area contributed by atoms with Crippen molar-refractivity contribution >= 4 is 21.8 Å². The number of alkyl halides is 3. The number of nitrogens with two attached hydrogens (primary N) is 1. The van der Waals surface area contributed by atoms with Gasteiger partial charge >= 0.3 is 0 Å². The minimum absolute atomic E-state index is 0.0288. The second kappa shape index (κ2) is 7.21. The van der Waals surface area contributed by atoms with Gasteiger partial charge < -0.3 is 10.6 Å². The summed E-state index contributed by atoms with van der Waals surface area (Å²) in [6.07, 6.45) is -1.04. The van der Waals surface area contributed by atoms with Gasteiger partial charge in [0.1, 0.15) is 0 Å². The van der Waals surface area contributed by atoms with E-state index in [1.165, 1.54) is 24.3 Å². The predicted octanol–water partition coefficient (Wildman–Crippen LogP) is 3.81. The van der Waals surface area contributed by atoms with Gasteiger partial charge in [-0.1, -0.05) is 28.1 Å². The molecule has 1 aliphatic carbocycles. The Kier molecular flexibility index (Phi) is 5.73. The van der Waals surface area contributed by atoms with Crippen molar-refractivity contribution in [3.8, 4) is 0 Å². The number of amides is 1. The molecular formula is C16H20BrF3N2O. The summed E-state index contributed by atoms with van der Waals surface area (Å²) in [6.45, 7) is 0. The van der Waals surface area contributed by atoms with Gasteiger partial charge in [-0.15, -0.1) is 0 Å². The molecule has 1 saturated carbocycles. The summed E-state index contributed by atoms with van der Waals surface area (Å²) in [6, 6.07) is 5.50. The fourth-order valence-corrected chi connectivity index (χ4v) is 3.21. The predicted molar refractivity (Wildman–Crippen MR) is 85.6 cm³/mol. The van der Waals surface area contributed by atoms with Crippen LogP contribution in [0.2, 0.25) is 0 Å². The molecule has 0 bridgehead atoms. The zero-order chi connectivity index (χ0) is 17.2. The van der Waals surface area contributed by atoms with E-state index in [2.05, 4.69) is 15.9 Å². The third-order valence-electron chi connectivity index (χ3n) is 4.48. The van der Waals surface area contributed by atoms with E-state index in [0.717, 1.165) is 7.05 Å². The number of carbonyl (C=O) groups is 1. The second-order valence-corrected chi connectivity index (χ2v) is 6.91. The van der Waals surface area contributed by atoms with E-state index in [9.17, 15) is 13.6 Å². The van der Waals surface area contributed by atoms with E-state index < -0.39 is 24.0 Å². The van der Waals surface area contributed by atoms with Gasteiger partial charge in [-0.25, -0.2) is 13.2 Å². The first-order valence-corrected chi connectivity index (χ1v) is 8.32. The monoisotopic (exact) mass is 392 g/mol. The first-order chi connectivity index (χ1) is 10.8. The Morgan fingerprint density at radius 3 is 2.26 bits per heavy atom. The van der Waals surface area contributed by atoms with E-state index in [0.29, 0.717) is 35.1 Å². The van der Waals surface area contributed by atoms with Crippen LogP contribution in [0.1, 0.15) is 31.2 Å². The van der Waals surface area contributed by atoms with E-state index in [4.69, 9.17) is 5.73 Å². The lowest BCUT2D eigenvalue weighted by Gasteiger charge is -2.37. The van der Waals surface area contributed by atoms with E-state index >= 15 is 4.39 Å². The minimum atomic E-state index is -3.34. The summed E-state index contributed by atoms with van der Waals surface area (Å²) in [5.41, 5.74) is 5.55. The zero-order valence-electron chi connectivity index (χ0n) is 12.8. The van der Waals surface area contributed by atoms with Crippen LogP contribution in [-0.2, 0) is 10.6 Å². The molecular weight excluding hydrogens is 373 g/mol. The van der Waals surface area contributed by atoms with E-state index in [1.54, 1.807) is 0 Å². The molecule has 0 saturated heterocycles. The Morgan fingerprint density at radius 2 is 1.78 bits per heavy atom. The molecule has 23 heavy (non-hydrogen) atoms. The molecule has 1 atom stereocenters. The highest BCUT2D eigenvalue weighted by molar-refractivity contribution is 9.10. The Labute approximate surface area is 142 Å². The molecule has 1 amide bonds. The molecule has 128 valence electrons. The minimum Gasteiger partial charge on any atom is -0.328 e. The van der Waals surface area contributed by atoms with Gasteiger partial charge in [0.05, 0.1) is 0 Å². The highest BCUT2D eigenvalue weighted by Crippen LogP contribution is 2.38. The van der Waals surface area contributed by atoms with Crippen LogP contribution in [0.15, 0.2) is 28.7 Å². The van der Waals surface area contributed by atoms with Crippen molar-refractivity contribution in [1.29, 1.82) is 0 Å². The highest BCUT2D eigenvalue weighted by Gasteiger charge is 2.49. The molecule has 0 spiro atoms. The molecule has 7 heteroatoms. The highest BCUT2D eigenvalue weighted by atomic mass is 79.9. The van der Waals surface area contributed by atoms with Gasteiger partial charge in [-0.3, -0.25) is 4.79 Å². The van der Waals surface area contributed by atoms with E-state index in [-0.39, 0.29) is 11.6 Å². The lowest BCUT2D eigenvalue weighted by Crippen LogP contribution is -2.51. The molecule has 1 aliphatic rings. The summed E-state index contributed by atoms with van der Waals surface area (Å²) in [5, 5.41) is 0. The van der Waals surface area contributed by atoms with Crippen molar-refractivity contribution in [3.05, 3.63) is 34.3 Å². The van der Waals surface area contributed by atoms with Crippen molar-refractivity contribution in [2.24, 2.45) is 11.7 Å². The first-order valence-electron chi connectivity index (χ1n) is 7.53. The largest absolute Gasteiger partial charge is 0.328 e. The molecule has 1 aromatic rings. The lowest BCUT2D eigenvalue weighted by molar-refractivity contribution is -0.173. The number of benzene rings is 1.